The Kier molecular flexibility index (Phi) is 7.69. The minimum absolute atomic E-state index is 0.261. The van der Waals surface area contributed by atoms with Crippen LogP contribution in [0.1, 0.15) is 38.7 Å². The highest BCUT2D eigenvalue weighted by Crippen LogP contribution is 2.05. The van der Waals surface area contributed by atoms with Crippen LogP contribution in [0.4, 0.5) is 0 Å². The van der Waals surface area contributed by atoms with Gasteiger partial charge in [0.1, 0.15) is 0 Å². The molecule has 0 aliphatic rings. The third-order valence-corrected chi connectivity index (χ3v) is 2.69. The lowest BCUT2D eigenvalue weighted by Crippen LogP contribution is -2.11. The molecule has 0 saturated heterocycles. The first kappa shape index (κ1) is 14.2. The zero-order valence-corrected chi connectivity index (χ0v) is 11.0. The monoisotopic (exact) mass is 236 g/mol. The van der Waals surface area contributed by atoms with Crippen LogP contribution in [0.5, 0.6) is 0 Å². The first-order valence-electron chi connectivity index (χ1n) is 6.56. The summed E-state index contributed by atoms with van der Waals surface area (Å²) < 4.78 is 11.3. The van der Waals surface area contributed by atoms with E-state index in [2.05, 4.69) is 26.0 Å². The summed E-state index contributed by atoms with van der Waals surface area (Å²) in [6, 6.07) is 10.3. The number of hydrogen-bond acceptors (Lipinski definition) is 2. The molecule has 1 aromatic carbocycles. The average Bonchev–Trinajstić information content (AvgIpc) is 2.37. The average molecular weight is 236 g/mol. The lowest BCUT2D eigenvalue weighted by Gasteiger charge is -2.13. The van der Waals surface area contributed by atoms with Crippen molar-refractivity contribution in [2.45, 2.75) is 45.8 Å². The third-order valence-electron chi connectivity index (χ3n) is 2.69. The van der Waals surface area contributed by atoms with E-state index in [1.54, 1.807) is 0 Å². The van der Waals surface area contributed by atoms with Crippen LogP contribution in [-0.4, -0.2) is 19.3 Å². The number of ether oxygens (including phenoxy) is 2. The molecular weight excluding hydrogens is 212 g/mol. The predicted octanol–water partition coefficient (Wildman–Crippen LogP) is 3.80. The summed E-state index contributed by atoms with van der Waals surface area (Å²) in [5.74, 6) is 0. The quantitative estimate of drug-likeness (QED) is 0.607. The Morgan fingerprint density at radius 3 is 2.59 bits per heavy atom. The molecule has 0 radical (unpaired) electrons. The summed E-state index contributed by atoms with van der Waals surface area (Å²) in [5, 5.41) is 0. The second kappa shape index (κ2) is 9.20. The van der Waals surface area contributed by atoms with Crippen LogP contribution in [0.25, 0.3) is 0 Å². The Balaban J connectivity index is 2.03. The van der Waals surface area contributed by atoms with Gasteiger partial charge in [-0.25, -0.2) is 0 Å². The molecule has 2 nitrogen and oxygen atoms in total. The van der Waals surface area contributed by atoms with Crippen LogP contribution in [0.15, 0.2) is 30.3 Å². The zero-order chi connectivity index (χ0) is 12.3. The van der Waals surface area contributed by atoms with Crippen molar-refractivity contribution in [1.82, 2.24) is 0 Å². The molecule has 0 aliphatic carbocycles. The van der Waals surface area contributed by atoms with Gasteiger partial charge >= 0.3 is 0 Å². The van der Waals surface area contributed by atoms with Gasteiger partial charge in [-0.1, -0.05) is 43.7 Å². The van der Waals surface area contributed by atoms with Gasteiger partial charge in [-0.05, 0) is 25.3 Å². The molecule has 0 amide bonds. The van der Waals surface area contributed by atoms with Crippen LogP contribution in [0, 0.1) is 0 Å². The van der Waals surface area contributed by atoms with E-state index in [-0.39, 0.29) is 6.10 Å². The van der Waals surface area contributed by atoms with Gasteiger partial charge in [0, 0.05) is 13.2 Å². The first-order valence-corrected chi connectivity index (χ1v) is 6.56. The molecule has 1 aromatic rings. The van der Waals surface area contributed by atoms with Gasteiger partial charge < -0.3 is 9.47 Å². The molecule has 0 N–H and O–H groups in total. The van der Waals surface area contributed by atoms with Crippen molar-refractivity contribution in [3.05, 3.63) is 35.9 Å². The van der Waals surface area contributed by atoms with Crippen molar-refractivity contribution in [2.24, 2.45) is 0 Å². The number of rotatable bonds is 9. The minimum atomic E-state index is 0.261. The lowest BCUT2D eigenvalue weighted by atomic mass is 10.2. The Bertz CT molecular complexity index is 272. The Hall–Kier alpha value is -0.860. The Morgan fingerprint density at radius 1 is 1.12 bits per heavy atom. The molecule has 1 rings (SSSR count). The second-order valence-corrected chi connectivity index (χ2v) is 4.36. The molecule has 1 atom stereocenters. The highest BCUT2D eigenvalue weighted by atomic mass is 16.5. The fourth-order valence-electron chi connectivity index (χ4n) is 1.49. The van der Waals surface area contributed by atoms with Gasteiger partial charge in [0.15, 0.2) is 0 Å². The molecule has 0 spiro atoms. The topological polar surface area (TPSA) is 18.5 Å². The maximum atomic E-state index is 5.75. The summed E-state index contributed by atoms with van der Waals surface area (Å²) in [5.41, 5.74) is 1.23. The van der Waals surface area contributed by atoms with Crippen molar-refractivity contribution < 1.29 is 9.47 Å². The third kappa shape index (κ3) is 7.14. The highest BCUT2D eigenvalue weighted by molar-refractivity contribution is 5.13. The summed E-state index contributed by atoms with van der Waals surface area (Å²) >= 11 is 0. The predicted molar refractivity (Wildman–Crippen MR) is 71.0 cm³/mol. The van der Waals surface area contributed by atoms with Crippen molar-refractivity contribution in [2.75, 3.05) is 13.2 Å². The van der Waals surface area contributed by atoms with Crippen LogP contribution in [0.2, 0.25) is 0 Å². The molecule has 0 unspecified atom stereocenters. The Labute approximate surface area is 105 Å². The first-order chi connectivity index (χ1) is 8.33. The van der Waals surface area contributed by atoms with Crippen molar-refractivity contribution in [1.29, 1.82) is 0 Å². The van der Waals surface area contributed by atoms with Crippen LogP contribution < -0.4 is 0 Å². The van der Waals surface area contributed by atoms with E-state index in [0.29, 0.717) is 6.61 Å². The molecule has 2 heteroatoms. The molecule has 0 aromatic heterocycles. The molecule has 17 heavy (non-hydrogen) atoms. The second-order valence-electron chi connectivity index (χ2n) is 4.36. The summed E-state index contributed by atoms with van der Waals surface area (Å²) in [4.78, 5) is 0. The van der Waals surface area contributed by atoms with E-state index in [4.69, 9.17) is 9.47 Å². The lowest BCUT2D eigenvalue weighted by molar-refractivity contribution is 0.0217. The van der Waals surface area contributed by atoms with E-state index < -0.39 is 0 Å². The molecule has 0 fully saturated rings. The minimum Gasteiger partial charge on any atom is -0.381 e. The van der Waals surface area contributed by atoms with Gasteiger partial charge in [-0.2, -0.15) is 0 Å². The van der Waals surface area contributed by atoms with Crippen molar-refractivity contribution in [3.63, 3.8) is 0 Å². The highest BCUT2D eigenvalue weighted by Gasteiger charge is 2.02. The molecular formula is C15H24O2. The van der Waals surface area contributed by atoms with E-state index in [1.165, 1.54) is 12.0 Å². The maximum absolute atomic E-state index is 5.75. The molecule has 96 valence electrons. The van der Waals surface area contributed by atoms with Gasteiger partial charge in [-0.15, -0.1) is 0 Å². The van der Waals surface area contributed by atoms with Crippen LogP contribution >= 0.6 is 0 Å². The zero-order valence-electron chi connectivity index (χ0n) is 11.0. The van der Waals surface area contributed by atoms with Crippen LogP contribution in [0.3, 0.4) is 0 Å². The van der Waals surface area contributed by atoms with Gasteiger partial charge in [0.25, 0.3) is 0 Å². The standard InChI is InChI=1S/C15H24O2/c1-3-4-11-16-12-10-14(2)17-13-15-8-6-5-7-9-15/h5-9,14H,3-4,10-13H2,1-2H3/t14-/m1/s1. The van der Waals surface area contributed by atoms with E-state index in [9.17, 15) is 0 Å². The van der Waals surface area contributed by atoms with Gasteiger partial charge in [0.05, 0.1) is 12.7 Å². The fraction of sp³-hybridized carbons (Fsp3) is 0.600. The van der Waals surface area contributed by atoms with Crippen molar-refractivity contribution in [3.8, 4) is 0 Å². The summed E-state index contributed by atoms with van der Waals surface area (Å²) in [7, 11) is 0. The van der Waals surface area contributed by atoms with Crippen molar-refractivity contribution >= 4 is 0 Å². The smallest absolute Gasteiger partial charge is 0.0720 e. The maximum Gasteiger partial charge on any atom is 0.0720 e. The number of benzene rings is 1. The molecule has 0 saturated carbocycles. The SMILES string of the molecule is CCCCOCC[C@@H](C)OCc1ccccc1. The molecule has 0 aliphatic heterocycles. The van der Waals surface area contributed by atoms with E-state index in [1.807, 2.05) is 18.2 Å². The van der Waals surface area contributed by atoms with Crippen LogP contribution in [-0.2, 0) is 16.1 Å². The normalized spacial score (nSPS) is 12.6. The van der Waals surface area contributed by atoms with E-state index >= 15 is 0 Å². The number of unbranched alkanes of at least 4 members (excludes halogenated alkanes) is 1. The Morgan fingerprint density at radius 2 is 1.88 bits per heavy atom. The largest absolute Gasteiger partial charge is 0.381 e. The van der Waals surface area contributed by atoms with Gasteiger partial charge in [-0.3, -0.25) is 0 Å². The molecule has 0 heterocycles. The van der Waals surface area contributed by atoms with E-state index in [0.717, 1.165) is 26.1 Å². The molecule has 0 bridgehead atoms. The van der Waals surface area contributed by atoms with Gasteiger partial charge in [0.2, 0.25) is 0 Å². The fourth-order valence-corrected chi connectivity index (χ4v) is 1.49. The summed E-state index contributed by atoms with van der Waals surface area (Å²) in [6.07, 6.45) is 3.58. The summed E-state index contributed by atoms with van der Waals surface area (Å²) in [6.45, 7) is 6.65. The number of hydrogen-bond donors (Lipinski definition) is 0.